The van der Waals surface area contributed by atoms with Gasteiger partial charge in [-0.1, -0.05) is 24.3 Å². The fraction of sp³-hybridized carbons (Fsp3) is 0.174. The molecule has 28 heavy (non-hydrogen) atoms. The lowest BCUT2D eigenvalue weighted by molar-refractivity contribution is 0.0527. The van der Waals surface area contributed by atoms with Crippen molar-refractivity contribution < 1.29 is 14.6 Å². The number of aryl methyl sites for hydroxylation is 1. The third-order valence-corrected chi connectivity index (χ3v) is 5.73. The van der Waals surface area contributed by atoms with Crippen LogP contribution in [0.1, 0.15) is 28.5 Å². The number of hydrogen-bond donors (Lipinski definition) is 1. The molecule has 142 valence electrons. The third kappa shape index (κ3) is 2.85. The number of carbonyl (C=O) groups excluding carboxylic acids is 1. The standard InChI is InChI=1S/C23H20INO3/c1-4-28-23(27)21-14(3)25(19-10-9-15(24)11-13(19)2)22-17-8-6-5-7-16(17)20(26)12-18(21)22/h5-12,26H,4H2,1-3H3. The normalized spacial score (nSPS) is 11.3. The largest absolute Gasteiger partial charge is 0.507 e. The minimum absolute atomic E-state index is 0.158. The molecule has 1 N–H and O–H groups in total. The Morgan fingerprint density at radius 2 is 1.79 bits per heavy atom. The van der Waals surface area contributed by atoms with Crippen molar-refractivity contribution in [3.63, 3.8) is 0 Å². The summed E-state index contributed by atoms with van der Waals surface area (Å²) in [5, 5.41) is 13.0. The highest BCUT2D eigenvalue weighted by Gasteiger charge is 2.25. The van der Waals surface area contributed by atoms with Crippen molar-refractivity contribution in [1.29, 1.82) is 0 Å². The summed E-state index contributed by atoms with van der Waals surface area (Å²) in [6.45, 7) is 6.08. The lowest BCUT2D eigenvalue weighted by Crippen LogP contribution is -2.07. The number of ether oxygens (including phenoxy) is 1. The molecule has 0 aliphatic rings. The topological polar surface area (TPSA) is 51.5 Å². The molecule has 1 heterocycles. The number of rotatable bonds is 3. The molecule has 0 saturated carbocycles. The summed E-state index contributed by atoms with van der Waals surface area (Å²) in [5.41, 5.74) is 4.32. The van der Waals surface area contributed by atoms with E-state index < -0.39 is 0 Å². The summed E-state index contributed by atoms with van der Waals surface area (Å²) in [5.74, 6) is -0.216. The highest BCUT2D eigenvalue weighted by atomic mass is 127. The van der Waals surface area contributed by atoms with Gasteiger partial charge in [0.05, 0.1) is 17.7 Å². The maximum absolute atomic E-state index is 12.8. The molecule has 0 saturated heterocycles. The van der Waals surface area contributed by atoms with E-state index in [1.54, 1.807) is 13.0 Å². The first-order valence-corrected chi connectivity index (χ1v) is 10.2. The van der Waals surface area contributed by atoms with E-state index in [4.69, 9.17) is 4.74 Å². The van der Waals surface area contributed by atoms with Crippen LogP contribution in [0.2, 0.25) is 0 Å². The lowest BCUT2D eigenvalue weighted by Gasteiger charge is -2.14. The van der Waals surface area contributed by atoms with E-state index in [-0.39, 0.29) is 11.7 Å². The Hall–Kier alpha value is -2.54. The van der Waals surface area contributed by atoms with E-state index >= 15 is 0 Å². The van der Waals surface area contributed by atoms with E-state index in [1.165, 1.54) is 0 Å². The summed E-state index contributed by atoms with van der Waals surface area (Å²) in [6, 6.07) is 15.6. The van der Waals surface area contributed by atoms with Gasteiger partial charge in [0.15, 0.2) is 0 Å². The SMILES string of the molecule is CCOC(=O)c1c(C)n(-c2ccc(I)cc2C)c2c1cc(O)c1ccccc12. The molecule has 4 aromatic rings. The Kier molecular flexibility index (Phi) is 4.79. The van der Waals surface area contributed by atoms with Crippen LogP contribution in [0.3, 0.4) is 0 Å². The average molecular weight is 485 g/mol. The molecule has 4 rings (SSSR count). The Bertz CT molecular complexity index is 1240. The van der Waals surface area contributed by atoms with Crippen LogP contribution in [0, 0.1) is 17.4 Å². The average Bonchev–Trinajstić information content (AvgIpc) is 2.94. The van der Waals surface area contributed by atoms with Gasteiger partial charge in [-0.05, 0) is 73.2 Å². The summed E-state index contributed by atoms with van der Waals surface area (Å²) < 4.78 is 8.59. The van der Waals surface area contributed by atoms with Crippen LogP contribution in [0.4, 0.5) is 0 Å². The second-order valence-corrected chi connectivity index (χ2v) is 8.03. The van der Waals surface area contributed by atoms with Gasteiger partial charge in [0.25, 0.3) is 0 Å². The second-order valence-electron chi connectivity index (χ2n) is 6.78. The number of halogens is 1. The molecule has 5 heteroatoms. The number of carbonyl (C=O) groups is 1. The molecular weight excluding hydrogens is 465 g/mol. The number of fused-ring (bicyclic) bond motifs is 3. The van der Waals surface area contributed by atoms with Gasteiger partial charge >= 0.3 is 5.97 Å². The molecule has 0 unspecified atom stereocenters. The van der Waals surface area contributed by atoms with Crippen molar-refractivity contribution in [2.75, 3.05) is 6.61 Å². The molecule has 0 aliphatic carbocycles. The van der Waals surface area contributed by atoms with Crippen LogP contribution in [0.15, 0.2) is 48.5 Å². The monoisotopic (exact) mass is 485 g/mol. The third-order valence-electron chi connectivity index (χ3n) is 5.06. The number of phenols is 1. The zero-order valence-corrected chi connectivity index (χ0v) is 18.1. The van der Waals surface area contributed by atoms with Crippen LogP contribution in [0.5, 0.6) is 5.75 Å². The summed E-state index contributed by atoms with van der Waals surface area (Å²) in [7, 11) is 0. The van der Waals surface area contributed by atoms with Gasteiger partial charge in [-0.25, -0.2) is 4.79 Å². The summed E-state index contributed by atoms with van der Waals surface area (Å²) in [4.78, 5) is 12.8. The maximum atomic E-state index is 12.8. The Labute approximate surface area is 176 Å². The zero-order valence-electron chi connectivity index (χ0n) is 15.9. The molecule has 4 nitrogen and oxygen atoms in total. The van der Waals surface area contributed by atoms with Crippen LogP contribution in [-0.4, -0.2) is 22.2 Å². The van der Waals surface area contributed by atoms with Crippen molar-refractivity contribution >= 4 is 50.2 Å². The lowest BCUT2D eigenvalue weighted by atomic mass is 10.0. The number of esters is 1. The van der Waals surface area contributed by atoms with E-state index in [1.807, 2.05) is 31.2 Å². The first-order valence-electron chi connectivity index (χ1n) is 9.13. The summed E-state index contributed by atoms with van der Waals surface area (Å²) in [6.07, 6.45) is 0. The first kappa shape index (κ1) is 18.8. The molecule has 0 spiro atoms. The number of aromatic nitrogens is 1. The molecule has 0 fully saturated rings. The number of phenolic OH excluding ortho intramolecular Hbond substituents is 1. The molecule has 0 bridgehead atoms. The van der Waals surface area contributed by atoms with E-state index in [0.717, 1.165) is 36.8 Å². The Morgan fingerprint density at radius 3 is 2.46 bits per heavy atom. The van der Waals surface area contributed by atoms with Gasteiger partial charge in [-0.15, -0.1) is 0 Å². The fourth-order valence-corrected chi connectivity index (χ4v) is 4.53. The molecule has 1 aromatic heterocycles. The van der Waals surface area contributed by atoms with Crippen molar-refractivity contribution in [3.8, 4) is 11.4 Å². The van der Waals surface area contributed by atoms with Gasteiger partial charge in [0.1, 0.15) is 5.75 Å². The smallest absolute Gasteiger partial charge is 0.340 e. The molecule has 0 radical (unpaired) electrons. The second kappa shape index (κ2) is 7.13. The van der Waals surface area contributed by atoms with Crippen LogP contribution >= 0.6 is 22.6 Å². The van der Waals surface area contributed by atoms with Gasteiger partial charge in [0, 0.05) is 31.1 Å². The van der Waals surface area contributed by atoms with Crippen LogP contribution < -0.4 is 0 Å². The van der Waals surface area contributed by atoms with E-state index in [0.29, 0.717) is 17.6 Å². The predicted molar refractivity (Wildman–Crippen MR) is 121 cm³/mol. The van der Waals surface area contributed by atoms with E-state index in [2.05, 4.69) is 52.3 Å². The number of hydrogen-bond acceptors (Lipinski definition) is 3. The highest BCUT2D eigenvalue weighted by molar-refractivity contribution is 14.1. The Morgan fingerprint density at radius 1 is 1.07 bits per heavy atom. The van der Waals surface area contributed by atoms with Crippen molar-refractivity contribution in [1.82, 2.24) is 4.57 Å². The van der Waals surface area contributed by atoms with Crippen molar-refractivity contribution in [3.05, 3.63) is 68.9 Å². The van der Waals surface area contributed by atoms with Crippen LogP contribution in [-0.2, 0) is 4.74 Å². The molecule has 0 atom stereocenters. The number of aromatic hydroxyl groups is 1. The molecular formula is C23H20INO3. The van der Waals surface area contributed by atoms with Crippen molar-refractivity contribution in [2.24, 2.45) is 0 Å². The minimum atomic E-state index is -0.374. The fourth-order valence-electron chi connectivity index (χ4n) is 3.88. The summed E-state index contributed by atoms with van der Waals surface area (Å²) >= 11 is 2.30. The number of nitrogens with zero attached hydrogens (tertiary/aromatic N) is 1. The minimum Gasteiger partial charge on any atom is -0.507 e. The highest BCUT2D eigenvalue weighted by Crippen LogP contribution is 2.39. The molecule has 3 aromatic carbocycles. The first-order chi connectivity index (χ1) is 13.4. The predicted octanol–water partition coefficient (Wildman–Crippen LogP) is 5.89. The Balaban J connectivity index is 2.21. The number of benzene rings is 3. The maximum Gasteiger partial charge on any atom is 0.340 e. The van der Waals surface area contributed by atoms with E-state index in [9.17, 15) is 9.90 Å². The van der Waals surface area contributed by atoms with Gasteiger partial charge in [-0.2, -0.15) is 0 Å². The molecule has 0 aliphatic heterocycles. The quantitative estimate of drug-likeness (QED) is 0.291. The zero-order chi connectivity index (χ0) is 20.0. The van der Waals surface area contributed by atoms with Crippen LogP contribution in [0.25, 0.3) is 27.4 Å². The van der Waals surface area contributed by atoms with Gasteiger partial charge in [-0.3, -0.25) is 0 Å². The van der Waals surface area contributed by atoms with Crippen molar-refractivity contribution in [2.45, 2.75) is 20.8 Å². The molecule has 0 amide bonds. The van der Waals surface area contributed by atoms with Gasteiger partial charge < -0.3 is 14.4 Å². The van der Waals surface area contributed by atoms with Gasteiger partial charge in [0.2, 0.25) is 0 Å².